The lowest BCUT2D eigenvalue weighted by atomic mass is 10.1. The number of halogens is 1. The molecule has 0 aromatic heterocycles. The number of guanidine groups is 1. The molecule has 1 heterocycles. The number of ether oxygens (including phenoxy) is 1. The highest BCUT2D eigenvalue weighted by Crippen LogP contribution is 2.19. The molecule has 0 amide bonds. The van der Waals surface area contributed by atoms with Crippen LogP contribution < -0.4 is 10.6 Å². The lowest BCUT2D eigenvalue weighted by Gasteiger charge is -2.31. The average molecular weight is 460 g/mol. The molecule has 1 fully saturated rings. The maximum Gasteiger partial charge on any atom is 0.191 e. The van der Waals surface area contributed by atoms with Gasteiger partial charge in [0.05, 0.1) is 12.1 Å². The van der Waals surface area contributed by atoms with Gasteiger partial charge in [-0.25, -0.2) is 0 Å². The van der Waals surface area contributed by atoms with Crippen molar-refractivity contribution in [3.63, 3.8) is 0 Å². The second-order valence-electron chi connectivity index (χ2n) is 6.12. The van der Waals surface area contributed by atoms with Gasteiger partial charge in [-0.1, -0.05) is 44.2 Å². The van der Waals surface area contributed by atoms with E-state index in [2.05, 4.69) is 64.7 Å². The highest BCUT2D eigenvalue weighted by molar-refractivity contribution is 14.0. The molecule has 6 heteroatoms. The van der Waals surface area contributed by atoms with E-state index in [0.29, 0.717) is 12.1 Å². The van der Waals surface area contributed by atoms with E-state index < -0.39 is 0 Å². The number of nitrogens with one attached hydrogen (secondary N) is 2. The summed E-state index contributed by atoms with van der Waals surface area (Å²) in [4.78, 5) is 6.81. The molecule has 1 aromatic carbocycles. The first kappa shape index (κ1) is 22.2. The predicted molar refractivity (Wildman–Crippen MR) is 116 cm³/mol. The summed E-state index contributed by atoms with van der Waals surface area (Å²) in [6, 6.07) is 11.0. The molecular formula is C19H33IN4O. The Labute approximate surface area is 169 Å². The minimum absolute atomic E-state index is 0. The Balaban J connectivity index is 0.00000312. The molecule has 1 aliphatic rings. The van der Waals surface area contributed by atoms with Crippen LogP contribution in [-0.2, 0) is 4.74 Å². The largest absolute Gasteiger partial charge is 0.376 e. The SMILES string of the molecule is CCN(CC)C(CNC(=NC)NCC1CCCO1)c1ccccc1.I. The molecule has 1 aromatic rings. The van der Waals surface area contributed by atoms with Crippen molar-refractivity contribution < 1.29 is 4.74 Å². The van der Waals surface area contributed by atoms with E-state index in [1.807, 2.05) is 7.05 Å². The van der Waals surface area contributed by atoms with Crippen LogP contribution in [0, 0.1) is 0 Å². The van der Waals surface area contributed by atoms with E-state index in [-0.39, 0.29) is 24.0 Å². The van der Waals surface area contributed by atoms with Crippen LogP contribution in [0.3, 0.4) is 0 Å². The zero-order valence-corrected chi connectivity index (χ0v) is 18.0. The number of likely N-dealkylation sites (N-methyl/N-ethyl adjacent to an activating group) is 1. The zero-order chi connectivity index (χ0) is 17.2. The zero-order valence-electron chi connectivity index (χ0n) is 15.7. The number of hydrogen-bond donors (Lipinski definition) is 2. The number of benzene rings is 1. The maximum atomic E-state index is 5.66. The van der Waals surface area contributed by atoms with Gasteiger partial charge in [0.1, 0.15) is 0 Å². The molecule has 5 nitrogen and oxygen atoms in total. The third kappa shape index (κ3) is 7.11. The summed E-state index contributed by atoms with van der Waals surface area (Å²) in [5, 5.41) is 6.87. The van der Waals surface area contributed by atoms with E-state index >= 15 is 0 Å². The molecule has 0 bridgehead atoms. The molecule has 0 radical (unpaired) electrons. The fourth-order valence-corrected chi connectivity index (χ4v) is 3.23. The van der Waals surface area contributed by atoms with Gasteiger partial charge in [0.2, 0.25) is 0 Å². The second kappa shape index (κ2) is 12.5. The Morgan fingerprint density at radius 1 is 1.24 bits per heavy atom. The summed E-state index contributed by atoms with van der Waals surface area (Å²) in [6.07, 6.45) is 2.61. The molecule has 2 N–H and O–H groups in total. The van der Waals surface area contributed by atoms with E-state index in [9.17, 15) is 0 Å². The Kier molecular flexibility index (Phi) is 11.1. The minimum atomic E-state index is 0. The standard InChI is InChI=1S/C19H32N4O.HI/c1-4-23(5-2)18(16-10-7-6-8-11-16)15-22-19(20-3)21-14-17-12-9-13-24-17;/h6-8,10-11,17-18H,4-5,9,12-15H2,1-3H3,(H2,20,21,22);1H. The van der Waals surface area contributed by atoms with E-state index in [1.165, 1.54) is 5.56 Å². The second-order valence-corrected chi connectivity index (χ2v) is 6.12. The van der Waals surface area contributed by atoms with Gasteiger partial charge in [-0.15, -0.1) is 24.0 Å². The molecule has 1 aliphatic heterocycles. The van der Waals surface area contributed by atoms with Gasteiger partial charge in [0.25, 0.3) is 0 Å². The van der Waals surface area contributed by atoms with E-state index in [1.54, 1.807) is 0 Å². The predicted octanol–water partition coefficient (Wildman–Crippen LogP) is 3.03. The van der Waals surface area contributed by atoms with Gasteiger partial charge in [0.15, 0.2) is 5.96 Å². The molecule has 1 saturated heterocycles. The minimum Gasteiger partial charge on any atom is -0.376 e. The summed E-state index contributed by atoms with van der Waals surface area (Å²) in [6.45, 7) is 9.02. The van der Waals surface area contributed by atoms with Crippen molar-refractivity contribution in [1.29, 1.82) is 0 Å². The topological polar surface area (TPSA) is 48.9 Å². The van der Waals surface area contributed by atoms with Crippen LogP contribution in [0.1, 0.15) is 38.3 Å². The number of rotatable bonds is 8. The van der Waals surface area contributed by atoms with Crippen molar-refractivity contribution >= 4 is 29.9 Å². The summed E-state index contributed by atoms with van der Waals surface area (Å²) in [5.74, 6) is 0.846. The lowest BCUT2D eigenvalue weighted by molar-refractivity contribution is 0.113. The highest BCUT2D eigenvalue weighted by Gasteiger charge is 2.19. The van der Waals surface area contributed by atoms with Crippen LogP contribution in [0.15, 0.2) is 35.3 Å². The molecule has 0 spiro atoms. The molecule has 2 rings (SSSR count). The molecule has 2 atom stereocenters. The van der Waals surface area contributed by atoms with Crippen LogP contribution in [0.5, 0.6) is 0 Å². The Bertz CT molecular complexity index is 487. The summed E-state index contributed by atoms with van der Waals surface area (Å²) >= 11 is 0. The maximum absolute atomic E-state index is 5.66. The summed E-state index contributed by atoms with van der Waals surface area (Å²) in [5.41, 5.74) is 1.34. The molecule has 0 saturated carbocycles. The molecule has 0 aliphatic carbocycles. The molecule has 25 heavy (non-hydrogen) atoms. The van der Waals surface area contributed by atoms with E-state index in [4.69, 9.17) is 4.74 Å². The molecular weight excluding hydrogens is 427 g/mol. The first-order valence-corrected chi connectivity index (χ1v) is 9.13. The van der Waals surface area contributed by atoms with Crippen molar-refractivity contribution in [2.24, 2.45) is 4.99 Å². The fraction of sp³-hybridized carbons (Fsp3) is 0.632. The number of aliphatic imine (C=N–C) groups is 1. The highest BCUT2D eigenvalue weighted by atomic mass is 127. The van der Waals surface area contributed by atoms with Crippen LogP contribution in [-0.4, -0.2) is 56.8 Å². The normalized spacial score (nSPS) is 18.7. The van der Waals surface area contributed by atoms with Crippen molar-refractivity contribution in [2.75, 3.05) is 39.8 Å². The van der Waals surface area contributed by atoms with Gasteiger partial charge < -0.3 is 15.4 Å². The monoisotopic (exact) mass is 460 g/mol. The average Bonchev–Trinajstić information content (AvgIpc) is 3.15. The third-order valence-corrected chi connectivity index (χ3v) is 4.65. The van der Waals surface area contributed by atoms with Gasteiger partial charge in [-0.2, -0.15) is 0 Å². The smallest absolute Gasteiger partial charge is 0.191 e. The molecule has 2 unspecified atom stereocenters. The van der Waals surface area contributed by atoms with Gasteiger partial charge in [0, 0.05) is 26.7 Å². The van der Waals surface area contributed by atoms with Crippen LogP contribution in [0.25, 0.3) is 0 Å². The molecule has 142 valence electrons. The quantitative estimate of drug-likeness (QED) is 0.356. The van der Waals surface area contributed by atoms with Crippen LogP contribution in [0.2, 0.25) is 0 Å². The van der Waals surface area contributed by atoms with Crippen LogP contribution in [0.4, 0.5) is 0 Å². The lowest BCUT2D eigenvalue weighted by Crippen LogP contribution is -2.45. The summed E-state index contributed by atoms with van der Waals surface area (Å²) in [7, 11) is 1.82. The number of nitrogens with zero attached hydrogens (tertiary/aromatic N) is 2. The Morgan fingerprint density at radius 2 is 1.96 bits per heavy atom. The number of hydrogen-bond acceptors (Lipinski definition) is 3. The Morgan fingerprint density at radius 3 is 2.52 bits per heavy atom. The van der Waals surface area contributed by atoms with Gasteiger partial charge >= 0.3 is 0 Å². The van der Waals surface area contributed by atoms with Crippen molar-refractivity contribution in [3.8, 4) is 0 Å². The van der Waals surface area contributed by atoms with Crippen molar-refractivity contribution in [2.45, 2.75) is 38.8 Å². The summed E-state index contributed by atoms with van der Waals surface area (Å²) < 4.78 is 5.66. The van der Waals surface area contributed by atoms with Gasteiger partial charge in [-0.05, 0) is 31.5 Å². The van der Waals surface area contributed by atoms with Gasteiger partial charge in [-0.3, -0.25) is 9.89 Å². The van der Waals surface area contributed by atoms with Crippen LogP contribution >= 0.6 is 24.0 Å². The first-order valence-electron chi connectivity index (χ1n) is 9.13. The third-order valence-electron chi connectivity index (χ3n) is 4.65. The Hall–Kier alpha value is -0.860. The fourth-order valence-electron chi connectivity index (χ4n) is 3.23. The van der Waals surface area contributed by atoms with E-state index in [0.717, 1.165) is 51.6 Å². The first-order chi connectivity index (χ1) is 11.8. The van der Waals surface area contributed by atoms with Crippen molar-refractivity contribution in [1.82, 2.24) is 15.5 Å². The van der Waals surface area contributed by atoms with Crippen molar-refractivity contribution in [3.05, 3.63) is 35.9 Å².